The van der Waals surface area contributed by atoms with Gasteiger partial charge in [0.15, 0.2) is 0 Å². The molecule has 0 aromatic heterocycles. The van der Waals surface area contributed by atoms with Gasteiger partial charge in [-0.05, 0) is 65.7 Å². The molecule has 0 saturated heterocycles. The highest BCUT2D eigenvalue weighted by Gasteiger charge is 2.27. The Morgan fingerprint density at radius 3 is 2.24 bits per heavy atom. The summed E-state index contributed by atoms with van der Waals surface area (Å²) >= 11 is 6.08. The lowest BCUT2D eigenvalue weighted by atomic mass is 10.2. The molecule has 0 aliphatic rings. The normalized spacial score (nSPS) is 11.3. The molecule has 0 radical (unpaired) electrons. The van der Waals surface area contributed by atoms with Crippen molar-refractivity contribution in [1.82, 2.24) is 5.43 Å². The fourth-order valence-electron chi connectivity index (χ4n) is 3.40. The highest BCUT2D eigenvalue weighted by molar-refractivity contribution is 7.92. The first-order valence-corrected chi connectivity index (χ1v) is 13.2. The summed E-state index contributed by atoms with van der Waals surface area (Å²) in [5.74, 6) is 0.0897. The molecule has 0 heterocycles. The van der Waals surface area contributed by atoms with Crippen LogP contribution in [-0.2, 0) is 21.4 Å². The number of hydrogen-bond acceptors (Lipinski definition) is 5. The van der Waals surface area contributed by atoms with Crippen molar-refractivity contribution in [3.8, 4) is 5.75 Å². The van der Waals surface area contributed by atoms with Crippen LogP contribution in [0, 0.1) is 0 Å². The number of ether oxygens (including phenoxy) is 1. The van der Waals surface area contributed by atoms with Gasteiger partial charge >= 0.3 is 0 Å². The zero-order valence-corrected chi connectivity index (χ0v) is 21.3. The number of benzene rings is 4. The van der Waals surface area contributed by atoms with Crippen LogP contribution in [0.3, 0.4) is 0 Å². The van der Waals surface area contributed by atoms with Gasteiger partial charge in [-0.2, -0.15) is 5.10 Å². The van der Waals surface area contributed by atoms with Gasteiger partial charge in [0.05, 0.1) is 16.8 Å². The molecule has 1 amide bonds. The highest BCUT2D eigenvalue weighted by Crippen LogP contribution is 2.26. The zero-order valence-electron chi connectivity index (χ0n) is 19.7. The van der Waals surface area contributed by atoms with Gasteiger partial charge in [-0.1, -0.05) is 66.2 Å². The number of amides is 1. The molecule has 4 aromatic rings. The van der Waals surface area contributed by atoms with E-state index in [1.807, 2.05) is 30.3 Å². The Labute approximate surface area is 221 Å². The first kappa shape index (κ1) is 25.9. The maximum absolute atomic E-state index is 13.3. The van der Waals surface area contributed by atoms with Crippen molar-refractivity contribution in [2.24, 2.45) is 5.10 Å². The molecule has 0 fully saturated rings. The number of anilines is 1. The van der Waals surface area contributed by atoms with E-state index in [1.165, 1.54) is 24.4 Å². The van der Waals surface area contributed by atoms with Gasteiger partial charge in [0.1, 0.15) is 18.9 Å². The minimum absolute atomic E-state index is 0.0563. The number of nitrogens with one attached hydrogen (secondary N) is 1. The Bertz CT molecular complexity index is 1460. The van der Waals surface area contributed by atoms with Crippen LogP contribution in [-0.4, -0.2) is 27.1 Å². The number of carbonyl (C=O) groups is 1. The Hall–Kier alpha value is -4.14. The summed E-state index contributed by atoms with van der Waals surface area (Å²) in [6.45, 7) is -0.0273. The summed E-state index contributed by atoms with van der Waals surface area (Å²) in [4.78, 5) is 12.7. The molecule has 0 spiro atoms. The number of carbonyl (C=O) groups excluding carboxylic acids is 1. The minimum Gasteiger partial charge on any atom is -0.489 e. The van der Waals surface area contributed by atoms with E-state index < -0.39 is 22.5 Å². The van der Waals surface area contributed by atoms with Crippen LogP contribution >= 0.6 is 11.6 Å². The number of nitrogens with zero attached hydrogens (tertiary/aromatic N) is 2. The van der Waals surface area contributed by atoms with Crippen molar-refractivity contribution in [1.29, 1.82) is 0 Å². The summed E-state index contributed by atoms with van der Waals surface area (Å²) in [5.41, 5.74) is 4.46. The standard InChI is InChI=1S/C28H24ClN3O4S/c29-24-10-7-11-25(18-24)32(37(34,35)27-12-5-2-6-13-27)20-28(33)31-30-19-22-14-16-26(17-15-22)36-21-23-8-3-1-4-9-23/h1-19H,20-21H2,(H,31,33). The molecule has 9 heteroatoms. The molecule has 0 aliphatic heterocycles. The summed E-state index contributed by atoms with van der Waals surface area (Å²) in [5, 5.41) is 4.32. The first-order valence-electron chi connectivity index (χ1n) is 11.3. The molecule has 4 rings (SSSR count). The quantitative estimate of drug-likeness (QED) is 0.222. The molecule has 0 saturated carbocycles. The average Bonchev–Trinajstić information content (AvgIpc) is 2.92. The monoisotopic (exact) mass is 533 g/mol. The van der Waals surface area contributed by atoms with Gasteiger partial charge < -0.3 is 4.74 Å². The van der Waals surface area contributed by atoms with Crippen LogP contribution in [0.4, 0.5) is 5.69 Å². The second-order valence-electron chi connectivity index (χ2n) is 7.94. The summed E-state index contributed by atoms with van der Waals surface area (Å²) in [6.07, 6.45) is 1.47. The fraction of sp³-hybridized carbons (Fsp3) is 0.0714. The van der Waals surface area contributed by atoms with Gasteiger partial charge in [-0.3, -0.25) is 9.10 Å². The molecular formula is C28H24ClN3O4S. The number of sulfonamides is 1. The second kappa shape index (κ2) is 12.2. The molecule has 1 N–H and O–H groups in total. The predicted molar refractivity (Wildman–Crippen MR) is 145 cm³/mol. The lowest BCUT2D eigenvalue weighted by molar-refractivity contribution is -0.119. The molecule has 0 unspecified atom stereocenters. The number of halogens is 1. The van der Waals surface area contributed by atoms with E-state index in [0.29, 0.717) is 17.4 Å². The van der Waals surface area contributed by atoms with Crippen LogP contribution in [0.5, 0.6) is 5.75 Å². The third-order valence-electron chi connectivity index (χ3n) is 5.25. The Morgan fingerprint density at radius 1 is 0.892 bits per heavy atom. The molecule has 4 aromatic carbocycles. The van der Waals surface area contributed by atoms with Gasteiger partial charge in [0.25, 0.3) is 15.9 Å². The predicted octanol–water partition coefficient (Wildman–Crippen LogP) is 5.26. The van der Waals surface area contributed by atoms with Crippen LogP contribution < -0.4 is 14.5 Å². The van der Waals surface area contributed by atoms with Crippen molar-refractivity contribution < 1.29 is 17.9 Å². The van der Waals surface area contributed by atoms with Gasteiger partial charge in [-0.25, -0.2) is 13.8 Å². The van der Waals surface area contributed by atoms with Gasteiger partial charge in [0.2, 0.25) is 0 Å². The first-order chi connectivity index (χ1) is 17.9. The van der Waals surface area contributed by atoms with E-state index >= 15 is 0 Å². The van der Waals surface area contributed by atoms with Crippen molar-refractivity contribution in [2.75, 3.05) is 10.8 Å². The summed E-state index contributed by atoms with van der Waals surface area (Å²) in [7, 11) is -4.03. The maximum atomic E-state index is 13.3. The van der Waals surface area contributed by atoms with E-state index in [1.54, 1.807) is 60.7 Å². The van der Waals surface area contributed by atoms with Crippen LogP contribution in [0.1, 0.15) is 11.1 Å². The fourth-order valence-corrected chi connectivity index (χ4v) is 5.02. The number of hydrazone groups is 1. The third kappa shape index (κ3) is 7.19. The lowest BCUT2D eigenvalue weighted by Crippen LogP contribution is -2.39. The summed E-state index contributed by atoms with van der Waals surface area (Å²) < 4.78 is 33.4. The zero-order chi connectivity index (χ0) is 26.1. The van der Waals surface area contributed by atoms with Crippen molar-refractivity contribution >= 4 is 39.4 Å². The maximum Gasteiger partial charge on any atom is 0.264 e. The molecule has 0 atom stereocenters. The van der Waals surface area contributed by atoms with Crippen LogP contribution in [0.15, 0.2) is 119 Å². The lowest BCUT2D eigenvalue weighted by Gasteiger charge is -2.23. The molecule has 37 heavy (non-hydrogen) atoms. The largest absolute Gasteiger partial charge is 0.489 e. The number of hydrogen-bond donors (Lipinski definition) is 1. The number of rotatable bonds is 10. The topological polar surface area (TPSA) is 88.1 Å². The third-order valence-corrected chi connectivity index (χ3v) is 7.27. The van der Waals surface area contributed by atoms with Crippen LogP contribution in [0.2, 0.25) is 5.02 Å². The molecule has 0 aliphatic carbocycles. The van der Waals surface area contributed by atoms with E-state index in [2.05, 4.69) is 10.5 Å². The molecule has 7 nitrogen and oxygen atoms in total. The average molecular weight is 534 g/mol. The Balaban J connectivity index is 1.40. The minimum atomic E-state index is -4.03. The highest BCUT2D eigenvalue weighted by atomic mass is 35.5. The molecule has 0 bridgehead atoms. The molecule has 188 valence electrons. The van der Waals surface area contributed by atoms with Crippen molar-refractivity contribution in [3.05, 3.63) is 125 Å². The van der Waals surface area contributed by atoms with Crippen LogP contribution in [0.25, 0.3) is 0 Å². The van der Waals surface area contributed by atoms with E-state index in [0.717, 1.165) is 15.4 Å². The van der Waals surface area contributed by atoms with Gasteiger partial charge in [-0.15, -0.1) is 0 Å². The van der Waals surface area contributed by atoms with Crippen molar-refractivity contribution in [3.63, 3.8) is 0 Å². The SMILES string of the molecule is O=C(CN(c1cccc(Cl)c1)S(=O)(=O)c1ccccc1)NN=Cc1ccc(OCc2ccccc2)cc1. The van der Waals surface area contributed by atoms with E-state index in [4.69, 9.17) is 16.3 Å². The second-order valence-corrected chi connectivity index (χ2v) is 10.2. The smallest absolute Gasteiger partial charge is 0.264 e. The van der Waals surface area contributed by atoms with Crippen molar-refractivity contribution in [2.45, 2.75) is 11.5 Å². The Morgan fingerprint density at radius 2 is 1.57 bits per heavy atom. The van der Waals surface area contributed by atoms with E-state index in [9.17, 15) is 13.2 Å². The van der Waals surface area contributed by atoms with Gasteiger partial charge in [0, 0.05) is 5.02 Å². The van der Waals surface area contributed by atoms with E-state index in [-0.39, 0.29) is 10.6 Å². The summed E-state index contributed by atoms with van der Waals surface area (Å²) in [6, 6.07) is 31.2. The molecular weight excluding hydrogens is 510 g/mol. The Kier molecular flexibility index (Phi) is 8.56.